The van der Waals surface area contributed by atoms with Crippen LogP contribution in [0.3, 0.4) is 0 Å². The van der Waals surface area contributed by atoms with Gasteiger partial charge in [-0.3, -0.25) is 9.59 Å². The average Bonchev–Trinajstić information content (AvgIpc) is 2.47. The van der Waals surface area contributed by atoms with Gasteiger partial charge in [-0.1, -0.05) is 6.92 Å². The van der Waals surface area contributed by atoms with E-state index in [-0.39, 0.29) is 18.2 Å². The Labute approximate surface area is 95.7 Å². The Kier molecular flexibility index (Phi) is 3.91. The van der Waals surface area contributed by atoms with Crippen molar-refractivity contribution in [2.24, 2.45) is 11.7 Å². The second kappa shape index (κ2) is 4.82. The molecule has 2 amide bonds. The van der Waals surface area contributed by atoms with E-state index in [1.807, 2.05) is 6.92 Å². The molecule has 1 aliphatic heterocycles. The lowest BCUT2D eigenvalue weighted by Gasteiger charge is -2.27. The molecule has 1 heterocycles. The van der Waals surface area contributed by atoms with E-state index < -0.39 is 17.6 Å². The molecule has 16 heavy (non-hydrogen) atoms. The normalized spacial score (nSPS) is 25.4. The fourth-order valence-corrected chi connectivity index (χ4v) is 1.92. The van der Waals surface area contributed by atoms with Crippen LogP contribution in [-0.4, -0.2) is 30.1 Å². The Bertz CT molecular complexity index is 289. The molecular formula is C11H20N2O3. The number of hydrogen-bond acceptors (Lipinski definition) is 3. The third kappa shape index (κ3) is 3.48. The number of amides is 2. The minimum absolute atomic E-state index is 0.125. The summed E-state index contributed by atoms with van der Waals surface area (Å²) in [7, 11) is 0. The molecule has 1 saturated heterocycles. The summed E-state index contributed by atoms with van der Waals surface area (Å²) in [4.78, 5) is 22.7. The minimum Gasteiger partial charge on any atom is -0.370 e. The van der Waals surface area contributed by atoms with E-state index in [1.165, 1.54) is 0 Å². The Morgan fingerprint density at radius 1 is 1.50 bits per heavy atom. The number of rotatable bonds is 4. The van der Waals surface area contributed by atoms with E-state index in [1.54, 1.807) is 13.8 Å². The first-order valence-electron chi connectivity index (χ1n) is 5.54. The van der Waals surface area contributed by atoms with Crippen LogP contribution in [0.15, 0.2) is 0 Å². The number of nitrogens with two attached hydrogens (primary N) is 1. The first-order valence-corrected chi connectivity index (χ1v) is 5.54. The molecular weight excluding hydrogens is 208 g/mol. The maximum Gasteiger partial charge on any atom is 0.249 e. The van der Waals surface area contributed by atoms with Crippen molar-refractivity contribution in [2.75, 3.05) is 6.61 Å². The third-order valence-corrected chi connectivity index (χ3v) is 2.72. The van der Waals surface area contributed by atoms with Crippen LogP contribution in [0.2, 0.25) is 0 Å². The topological polar surface area (TPSA) is 81.4 Å². The third-order valence-electron chi connectivity index (χ3n) is 2.72. The van der Waals surface area contributed by atoms with Crippen molar-refractivity contribution in [2.45, 2.75) is 45.3 Å². The fraction of sp³-hybridized carbons (Fsp3) is 0.818. The molecule has 92 valence electrons. The van der Waals surface area contributed by atoms with Crippen molar-refractivity contribution < 1.29 is 14.3 Å². The van der Waals surface area contributed by atoms with Crippen LogP contribution in [0.25, 0.3) is 0 Å². The lowest BCUT2D eigenvalue weighted by Crippen LogP contribution is -2.50. The van der Waals surface area contributed by atoms with Crippen LogP contribution in [0.1, 0.15) is 33.6 Å². The second-order valence-corrected chi connectivity index (χ2v) is 5.07. The van der Waals surface area contributed by atoms with E-state index in [0.29, 0.717) is 6.61 Å². The van der Waals surface area contributed by atoms with Crippen LogP contribution in [0.5, 0.6) is 0 Å². The molecule has 0 aromatic rings. The van der Waals surface area contributed by atoms with Gasteiger partial charge < -0.3 is 15.8 Å². The monoisotopic (exact) mass is 228 g/mol. The highest BCUT2D eigenvalue weighted by atomic mass is 16.5. The van der Waals surface area contributed by atoms with Gasteiger partial charge in [0.05, 0.1) is 0 Å². The number of primary amides is 1. The SMILES string of the molecule is CC1CCOC1C(=O)NC(C)(C)CC(N)=O. The number of hydrogen-bond donors (Lipinski definition) is 2. The van der Waals surface area contributed by atoms with Gasteiger partial charge in [0, 0.05) is 18.6 Å². The van der Waals surface area contributed by atoms with E-state index in [0.717, 1.165) is 6.42 Å². The summed E-state index contributed by atoms with van der Waals surface area (Å²) in [5.74, 6) is -0.355. The highest BCUT2D eigenvalue weighted by molar-refractivity contribution is 5.83. The zero-order valence-corrected chi connectivity index (χ0v) is 10.1. The Balaban J connectivity index is 2.52. The standard InChI is InChI=1S/C11H20N2O3/c1-7-4-5-16-9(7)10(15)13-11(2,3)6-8(12)14/h7,9H,4-6H2,1-3H3,(H2,12,14)(H,13,15). The van der Waals surface area contributed by atoms with Crippen molar-refractivity contribution in [3.8, 4) is 0 Å². The number of carbonyl (C=O) groups is 2. The van der Waals surface area contributed by atoms with E-state index >= 15 is 0 Å². The van der Waals surface area contributed by atoms with Gasteiger partial charge in [0.15, 0.2) is 0 Å². The minimum atomic E-state index is -0.616. The summed E-state index contributed by atoms with van der Waals surface area (Å²) in [5, 5.41) is 2.80. The fourth-order valence-electron chi connectivity index (χ4n) is 1.92. The predicted molar refractivity (Wildman–Crippen MR) is 59.6 cm³/mol. The van der Waals surface area contributed by atoms with Crippen molar-refractivity contribution in [3.63, 3.8) is 0 Å². The van der Waals surface area contributed by atoms with E-state index in [9.17, 15) is 9.59 Å². The summed E-state index contributed by atoms with van der Waals surface area (Å²) in [6.45, 7) is 6.15. The van der Waals surface area contributed by atoms with Gasteiger partial charge in [0.25, 0.3) is 0 Å². The van der Waals surface area contributed by atoms with Crippen molar-refractivity contribution >= 4 is 11.8 Å². The molecule has 1 rings (SSSR count). The summed E-state index contributed by atoms with van der Waals surface area (Å²) in [5.41, 5.74) is 4.50. The highest BCUT2D eigenvalue weighted by Gasteiger charge is 2.34. The molecule has 5 heteroatoms. The lowest BCUT2D eigenvalue weighted by molar-refractivity contribution is -0.133. The van der Waals surface area contributed by atoms with Gasteiger partial charge in [-0.05, 0) is 26.2 Å². The molecule has 0 saturated carbocycles. The Hall–Kier alpha value is -1.10. The number of nitrogens with one attached hydrogen (secondary N) is 1. The van der Waals surface area contributed by atoms with E-state index in [4.69, 9.17) is 10.5 Å². The first kappa shape index (κ1) is 13.0. The van der Waals surface area contributed by atoms with Crippen molar-refractivity contribution in [1.82, 2.24) is 5.32 Å². The summed E-state index contributed by atoms with van der Waals surface area (Å²) >= 11 is 0. The van der Waals surface area contributed by atoms with E-state index in [2.05, 4.69) is 5.32 Å². The first-order chi connectivity index (χ1) is 7.32. The molecule has 1 aliphatic rings. The van der Waals surface area contributed by atoms with Crippen LogP contribution in [-0.2, 0) is 14.3 Å². The number of carbonyl (C=O) groups excluding carboxylic acids is 2. The predicted octanol–water partition coefficient (Wildman–Crippen LogP) is 0.182. The van der Waals surface area contributed by atoms with Gasteiger partial charge in [-0.2, -0.15) is 0 Å². The van der Waals surface area contributed by atoms with Crippen molar-refractivity contribution in [3.05, 3.63) is 0 Å². The molecule has 0 aromatic carbocycles. The van der Waals surface area contributed by atoms with Crippen LogP contribution >= 0.6 is 0 Å². The van der Waals surface area contributed by atoms with Gasteiger partial charge in [0.2, 0.25) is 11.8 Å². The highest BCUT2D eigenvalue weighted by Crippen LogP contribution is 2.21. The summed E-state index contributed by atoms with van der Waals surface area (Å²) in [6.07, 6.45) is 0.626. The molecule has 0 bridgehead atoms. The molecule has 2 unspecified atom stereocenters. The Morgan fingerprint density at radius 2 is 2.12 bits per heavy atom. The maximum absolute atomic E-state index is 11.9. The second-order valence-electron chi connectivity index (χ2n) is 5.07. The zero-order valence-electron chi connectivity index (χ0n) is 10.1. The quantitative estimate of drug-likeness (QED) is 0.720. The largest absolute Gasteiger partial charge is 0.370 e. The molecule has 0 aromatic heterocycles. The average molecular weight is 228 g/mol. The Morgan fingerprint density at radius 3 is 2.56 bits per heavy atom. The smallest absolute Gasteiger partial charge is 0.249 e. The molecule has 1 fully saturated rings. The van der Waals surface area contributed by atoms with Crippen molar-refractivity contribution in [1.29, 1.82) is 0 Å². The summed E-state index contributed by atoms with van der Waals surface area (Å²) < 4.78 is 5.35. The van der Waals surface area contributed by atoms with Crippen LogP contribution in [0, 0.1) is 5.92 Å². The number of ether oxygens (including phenoxy) is 1. The van der Waals surface area contributed by atoms with Crippen LogP contribution < -0.4 is 11.1 Å². The van der Waals surface area contributed by atoms with Crippen LogP contribution in [0.4, 0.5) is 0 Å². The molecule has 3 N–H and O–H groups in total. The maximum atomic E-state index is 11.9. The molecule has 2 atom stereocenters. The lowest BCUT2D eigenvalue weighted by atomic mass is 9.98. The molecule has 5 nitrogen and oxygen atoms in total. The molecule has 0 aliphatic carbocycles. The van der Waals surface area contributed by atoms with Gasteiger partial charge in [-0.15, -0.1) is 0 Å². The summed E-state index contributed by atoms with van der Waals surface area (Å²) in [6, 6.07) is 0. The van der Waals surface area contributed by atoms with Gasteiger partial charge in [-0.25, -0.2) is 0 Å². The molecule has 0 radical (unpaired) electrons. The zero-order chi connectivity index (χ0) is 12.3. The van der Waals surface area contributed by atoms with Gasteiger partial charge in [0.1, 0.15) is 6.10 Å². The molecule has 0 spiro atoms. The van der Waals surface area contributed by atoms with Gasteiger partial charge >= 0.3 is 0 Å².